The van der Waals surface area contributed by atoms with Gasteiger partial charge in [-0.3, -0.25) is 4.90 Å². The average molecular weight is 327 g/mol. The smallest absolute Gasteiger partial charge is 0.128 e. The zero-order valence-electron chi connectivity index (χ0n) is 13.9. The molecule has 124 valence electrons. The molecule has 4 nitrogen and oxygen atoms in total. The normalized spacial score (nSPS) is 19.0. The van der Waals surface area contributed by atoms with E-state index in [1.807, 2.05) is 26.8 Å². The Labute approximate surface area is 138 Å². The SMILES string of the molecule is CCOc1c(C)cc(Cl)c(C)c1C(O)C(C)N1CCNCC1. The summed E-state index contributed by atoms with van der Waals surface area (Å²) in [6, 6.07) is 1.94. The van der Waals surface area contributed by atoms with Crippen molar-refractivity contribution >= 4 is 11.6 Å². The number of aliphatic hydroxyl groups is 1. The van der Waals surface area contributed by atoms with Crippen LogP contribution >= 0.6 is 11.6 Å². The largest absolute Gasteiger partial charge is 0.493 e. The van der Waals surface area contributed by atoms with Crippen molar-refractivity contribution in [1.29, 1.82) is 0 Å². The predicted molar refractivity (Wildman–Crippen MR) is 91.0 cm³/mol. The molecule has 2 atom stereocenters. The molecular weight excluding hydrogens is 300 g/mol. The summed E-state index contributed by atoms with van der Waals surface area (Å²) in [5.41, 5.74) is 2.71. The van der Waals surface area contributed by atoms with Gasteiger partial charge in [-0.1, -0.05) is 11.6 Å². The van der Waals surface area contributed by atoms with Crippen molar-refractivity contribution in [2.75, 3.05) is 32.8 Å². The zero-order valence-corrected chi connectivity index (χ0v) is 14.7. The molecule has 0 spiro atoms. The highest BCUT2D eigenvalue weighted by Gasteiger charge is 2.29. The van der Waals surface area contributed by atoms with Gasteiger partial charge in [0.05, 0.1) is 12.7 Å². The van der Waals surface area contributed by atoms with Crippen LogP contribution in [0.25, 0.3) is 0 Å². The quantitative estimate of drug-likeness (QED) is 0.873. The van der Waals surface area contributed by atoms with Crippen LogP contribution in [0, 0.1) is 13.8 Å². The van der Waals surface area contributed by atoms with E-state index in [0.29, 0.717) is 11.6 Å². The van der Waals surface area contributed by atoms with Gasteiger partial charge in [0.25, 0.3) is 0 Å². The standard InChI is InChI=1S/C17H27ClN2O2/c1-5-22-17-11(2)10-14(18)12(3)15(17)16(21)13(4)20-8-6-19-7-9-20/h10,13,16,19,21H,5-9H2,1-4H3. The summed E-state index contributed by atoms with van der Waals surface area (Å²) in [5, 5.41) is 15.0. The summed E-state index contributed by atoms with van der Waals surface area (Å²) in [6.45, 7) is 12.3. The van der Waals surface area contributed by atoms with E-state index in [4.69, 9.17) is 16.3 Å². The fourth-order valence-electron chi connectivity index (χ4n) is 3.10. The molecule has 1 aliphatic rings. The summed E-state index contributed by atoms with van der Waals surface area (Å²) in [7, 11) is 0. The first-order valence-electron chi connectivity index (χ1n) is 8.02. The Kier molecular flexibility index (Phi) is 6.09. The Balaban J connectivity index is 2.36. The monoisotopic (exact) mass is 326 g/mol. The van der Waals surface area contributed by atoms with Gasteiger partial charge in [-0.05, 0) is 44.9 Å². The number of nitrogens with zero attached hydrogens (tertiary/aromatic N) is 1. The number of nitrogens with one attached hydrogen (secondary N) is 1. The van der Waals surface area contributed by atoms with Crippen LogP contribution in [0.3, 0.4) is 0 Å². The molecule has 2 N–H and O–H groups in total. The Morgan fingerprint density at radius 3 is 2.59 bits per heavy atom. The molecule has 1 aromatic carbocycles. The molecule has 22 heavy (non-hydrogen) atoms. The predicted octanol–water partition coefficient (Wildman–Crippen LogP) is 2.68. The highest BCUT2D eigenvalue weighted by Crippen LogP contribution is 2.38. The van der Waals surface area contributed by atoms with Crippen LogP contribution in [0.15, 0.2) is 6.07 Å². The van der Waals surface area contributed by atoms with Crippen LogP contribution in [0.1, 0.15) is 36.6 Å². The van der Waals surface area contributed by atoms with Crippen LogP contribution in [0.2, 0.25) is 5.02 Å². The third-order valence-electron chi connectivity index (χ3n) is 4.48. The molecule has 0 radical (unpaired) electrons. The summed E-state index contributed by atoms with van der Waals surface area (Å²) in [4.78, 5) is 2.31. The lowest BCUT2D eigenvalue weighted by molar-refractivity contribution is 0.0487. The maximum absolute atomic E-state index is 11.0. The summed E-state index contributed by atoms with van der Waals surface area (Å²) in [5.74, 6) is 0.777. The van der Waals surface area contributed by atoms with E-state index in [2.05, 4.69) is 17.1 Å². The minimum absolute atomic E-state index is 0.0258. The number of hydrogen-bond acceptors (Lipinski definition) is 4. The molecule has 5 heteroatoms. The Morgan fingerprint density at radius 1 is 1.36 bits per heavy atom. The van der Waals surface area contributed by atoms with Gasteiger partial charge in [0.2, 0.25) is 0 Å². The molecule has 2 unspecified atom stereocenters. The average Bonchev–Trinajstić information content (AvgIpc) is 2.52. The topological polar surface area (TPSA) is 44.7 Å². The van der Waals surface area contributed by atoms with Gasteiger partial charge in [-0.15, -0.1) is 0 Å². The summed E-state index contributed by atoms with van der Waals surface area (Å²) >= 11 is 6.34. The molecule has 0 bridgehead atoms. The third kappa shape index (κ3) is 3.57. The van der Waals surface area contributed by atoms with E-state index in [9.17, 15) is 5.11 Å². The van der Waals surface area contributed by atoms with E-state index in [-0.39, 0.29) is 6.04 Å². The van der Waals surface area contributed by atoms with E-state index in [0.717, 1.165) is 48.6 Å². The van der Waals surface area contributed by atoms with Crippen molar-refractivity contribution in [3.63, 3.8) is 0 Å². The van der Waals surface area contributed by atoms with Gasteiger partial charge >= 0.3 is 0 Å². The summed E-state index contributed by atoms with van der Waals surface area (Å²) < 4.78 is 5.81. The van der Waals surface area contributed by atoms with Gasteiger partial charge in [0.1, 0.15) is 5.75 Å². The second-order valence-corrected chi connectivity index (χ2v) is 6.35. The van der Waals surface area contributed by atoms with Crippen LogP contribution < -0.4 is 10.1 Å². The molecule has 0 saturated carbocycles. The Hall–Kier alpha value is -0.810. The van der Waals surface area contributed by atoms with Crippen LogP contribution in [-0.4, -0.2) is 48.8 Å². The molecule has 0 aromatic heterocycles. The van der Waals surface area contributed by atoms with Crippen molar-refractivity contribution < 1.29 is 9.84 Å². The van der Waals surface area contributed by atoms with E-state index < -0.39 is 6.10 Å². The number of benzene rings is 1. The van der Waals surface area contributed by atoms with Crippen molar-refractivity contribution in [2.45, 2.75) is 39.8 Å². The number of aryl methyl sites for hydroxylation is 1. The van der Waals surface area contributed by atoms with E-state index in [1.165, 1.54) is 0 Å². The van der Waals surface area contributed by atoms with Gasteiger partial charge in [-0.2, -0.15) is 0 Å². The van der Waals surface area contributed by atoms with Crippen LogP contribution in [0.5, 0.6) is 5.75 Å². The van der Waals surface area contributed by atoms with Crippen molar-refractivity contribution in [1.82, 2.24) is 10.2 Å². The highest BCUT2D eigenvalue weighted by atomic mass is 35.5. The van der Waals surface area contributed by atoms with Crippen LogP contribution in [-0.2, 0) is 0 Å². The van der Waals surface area contributed by atoms with Gasteiger partial charge < -0.3 is 15.2 Å². The van der Waals surface area contributed by atoms with Gasteiger partial charge in [0, 0.05) is 42.8 Å². The lowest BCUT2D eigenvalue weighted by Crippen LogP contribution is -2.49. The number of ether oxygens (including phenoxy) is 1. The first-order valence-corrected chi connectivity index (χ1v) is 8.40. The maximum atomic E-state index is 11.0. The van der Waals surface area contributed by atoms with Crippen molar-refractivity contribution in [3.8, 4) is 5.75 Å². The zero-order chi connectivity index (χ0) is 16.3. The molecule has 2 rings (SSSR count). The molecule has 0 aliphatic carbocycles. The molecule has 1 heterocycles. The van der Waals surface area contributed by atoms with Crippen molar-refractivity contribution in [3.05, 3.63) is 27.8 Å². The number of hydrogen-bond donors (Lipinski definition) is 2. The first kappa shape index (κ1) is 17.5. The second-order valence-electron chi connectivity index (χ2n) is 5.95. The maximum Gasteiger partial charge on any atom is 0.128 e. The fourth-order valence-corrected chi connectivity index (χ4v) is 3.36. The molecule has 1 aromatic rings. The van der Waals surface area contributed by atoms with Crippen molar-refractivity contribution in [2.24, 2.45) is 0 Å². The van der Waals surface area contributed by atoms with Crippen LogP contribution in [0.4, 0.5) is 0 Å². The molecule has 1 aliphatic heterocycles. The minimum Gasteiger partial charge on any atom is -0.493 e. The number of piperazine rings is 1. The van der Waals surface area contributed by atoms with Gasteiger partial charge in [-0.25, -0.2) is 0 Å². The number of aliphatic hydroxyl groups excluding tert-OH is 1. The Bertz CT molecular complexity index is 516. The first-order chi connectivity index (χ1) is 10.5. The number of halogens is 1. The number of rotatable bonds is 5. The third-order valence-corrected chi connectivity index (χ3v) is 4.87. The fraction of sp³-hybridized carbons (Fsp3) is 0.647. The summed E-state index contributed by atoms with van der Waals surface area (Å²) in [6.07, 6.45) is -0.614. The van der Waals surface area contributed by atoms with Gasteiger partial charge in [0.15, 0.2) is 0 Å². The molecule has 1 fully saturated rings. The molecule has 1 saturated heterocycles. The van der Waals surface area contributed by atoms with E-state index >= 15 is 0 Å². The second kappa shape index (κ2) is 7.64. The lowest BCUT2D eigenvalue weighted by atomic mass is 9.94. The Morgan fingerprint density at radius 2 is 2.00 bits per heavy atom. The van der Waals surface area contributed by atoms with E-state index in [1.54, 1.807) is 0 Å². The minimum atomic E-state index is -0.614. The molecular formula is C17H27ClN2O2. The highest BCUT2D eigenvalue weighted by molar-refractivity contribution is 6.31. The lowest BCUT2D eigenvalue weighted by Gasteiger charge is -2.36. The molecule has 0 amide bonds.